The normalized spacial score (nSPS) is 10.5. The lowest BCUT2D eigenvalue weighted by Gasteiger charge is -2.06. The smallest absolute Gasteiger partial charge is 0.269 e. The second-order valence-corrected chi connectivity index (χ2v) is 4.14. The number of nitro benzene ring substituents is 1. The quantitative estimate of drug-likeness (QED) is 0.649. The first-order valence-electron chi connectivity index (χ1n) is 5.71. The first kappa shape index (κ1) is 12.3. The highest BCUT2D eigenvalue weighted by atomic mass is 16.6. The number of rotatable bonds is 5. The summed E-state index contributed by atoms with van der Waals surface area (Å²) in [5.41, 5.74) is 2.23. The van der Waals surface area contributed by atoms with Crippen molar-refractivity contribution in [3.63, 3.8) is 0 Å². The van der Waals surface area contributed by atoms with Crippen LogP contribution in [0.2, 0.25) is 0 Å². The lowest BCUT2D eigenvalue weighted by Crippen LogP contribution is -2.14. The summed E-state index contributed by atoms with van der Waals surface area (Å²) in [4.78, 5) is 10.3. The molecule has 18 heavy (non-hydrogen) atoms. The molecule has 0 fully saturated rings. The predicted molar refractivity (Wildman–Crippen MR) is 69.1 cm³/mol. The average Bonchev–Trinajstić information content (AvgIpc) is 2.76. The van der Waals surface area contributed by atoms with Crippen LogP contribution in [0.3, 0.4) is 0 Å². The molecule has 1 N–H and O–H groups in total. The van der Waals surface area contributed by atoms with E-state index < -0.39 is 0 Å². The van der Waals surface area contributed by atoms with E-state index in [1.807, 2.05) is 36.0 Å². The molecule has 94 valence electrons. The van der Waals surface area contributed by atoms with Crippen molar-refractivity contribution >= 4 is 5.69 Å². The molecule has 5 heteroatoms. The van der Waals surface area contributed by atoms with Gasteiger partial charge in [-0.25, -0.2) is 0 Å². The summed E-state index contributed by atoms with van der Waals surface area (Å²) in [6.45, 7) is 1.36. The molecule has 0 amide bonds. The SMILES string of the molecule is Cn1cccc1CNCc1cccc([N+](=O)[O-])c1. The van der Waals surface area contributed by atoms with E-state index in [0.29, 0.717) is 6.54 Å². The molecular formula is C13H15N3O2. The monoisotopic (exact) mass is 245 g/mol. The van der Waals surface area contributed by atoms with Crippen LogP contribution in [-0.4, -0.2) is 9.49 Å². The molecule has 5 nitrogen and oxygen atoms in total. The Balaban J connectivity index is 1.92. The number of nitrogens with zero attached hydrogens (tertiary/aromatic N) is 2. The van der Waals surface area contributed by atoms with Crippen molar-refractivity contribution in [1.82, 2.24) is 9.88 Å². The molecule has 2 rings (SSSR count). The van der Waals surface area contributed by atoms with Crippen molar-refractivity contribution in [2.75, 3.05) is 0 Å². The van der Waals surface area contributed by atoms with Gasteiger partial charge in [0.15, 0.2) is 0 Å². The van der Waals surface area contributed by atoms with E-state index in [0.717, 1.165) is 12.1 Å². The van der Waals surface area contributed by atoms with Gasteiger partial charge in [0.1, 0.15) is 0 Å². The van der Waals surface area contributed by atoms with Crippen LogP contribution in [0.15, 0.2) is 42.6 Å². The molecule has 1 aromatic heterocycles. The van der Waals surface area contributed by atoms with Crippen LogP contribution >= 0.6 is 0 Å². The van der Waals surface area contributed by atoms with Crippen molar-refractivity contribution in [3.8, 4) is 0 Å². The van der Waals surface area contributed by atoms with E-state index in [-0.39, 0.29) is 10.6 Å². The molecule has 2 aromatic rings. The number of aromatic nitrogens is 1. The number of aryl methyl sites for hydroxylation is 1. The Labute approximate surface area is 105 Å². The minimum Gasteiger partial charge on any atom is -0.353 e. The predicted octanol–water partition coefficient (Wildman–Crippen LogP) is 2.22. The maximum Gasteiger partial charge on any atom is 0.269 e. The lowest BCUT2D eigenvalue weighted by atomic mass is 10.2. The minimum absolute atomic E-state index is 0.133. The summed E-state index contributed by atoms with van der Waals surface area (Å²) in [6.07, 6.45) is 1.99. The number of non-ortho nitro benzene ring substituents is 1. The van der Waals surface area contributed by atoms with Crippen molar-refractivity contribution in [3.05, 3.63) is 64.0 Å². The molecule has 0 atom stereocenters. The van der Waals surface area contributed by atoms with E-state index in [2.05, 4.69) is 5.32 Å². The van der Waals surface area contributed by atoms with Gasteiger partial charge in [0.05, 0.1) is 4.92 Å². The van der Waals surface area contributed by atoms with Gasteiger partial charge >= 0.3 is 0 Å². The first-order chi connectivity index (χ1) is 8.66. The fraction of sp³-hybridized carbons (Fsp3) is 0.231. The van der Waals surface area contributed by atoms with Gasteiger partial charge in [-0.15, -0.1) is 0 Å². The molecule has 1 aromatic carbocycles. The van der Waals surface area contributed by atoms with Crippen LogP contribution < -0.4 is 5.32 Å². The van der Waals surface area contributed by atoms with Crippen molar-refractivity contribution in [2.24, 2.45) is 7.05 Å². The van der Waals surface area contributed by atoms with E-state index in [1.165, 1.54) is 11.8 Å². The summed E-state index contributed by atoms with van der Waals surface area (Å²) >= 11 is 0. The fourth-order valence-corrected chi connectivity index (χ4v) is 1.80. The highest BCUT2D eigenvalue weighted by Crippen LogP contribution is 2.12. The number of hydrogen-bond donors (Lipinski definition) is 1. The Morgan fingerprint density at radius 2 is 2.11 bits per heavy atom. The maximum absolute atomic E-state index is 10.6. The van der Waals surface area contributed by atoms with Gasteiger partial charge in [0.2, 0.25) is 0 Å². The van der Waals surface area contributed by atoms with Gasteiger partial charge in [-0.3, -0.25) is 10.1 Å². The summed E-state index contributed by atoms with van der Waals surface area (Å²) in [5, 5.41) is 13.9. The molecule has 0 spiro atoms. The Kier molecular flexibility index (Phi) is 3.74. The second-order valence-electron chi connectivity index (χ2n) is 4.14. The zero-order valence-corrected chi connectivity index (χ0v) is 10.2. The summed E-state index contributed by atoms with van der Waals surface area (Å²) < 4.78 is 2.04. The van der Waals surface area contributed by atoms with Crippen LogP contribution in [0.4, 0.5) is 5.69 Å². The van der Waals surface area contributed by atoms with Crippen LogP contribution in [0.5, 0.6) is 0 Å². The van der Waals surface area contributed by atoms with Gasteiger partial charge in [-0.1, -0.05) is 12.1 Å². The highest BCUT2D eigenvalue weighted by molar-refractivity contribution is 5.34. The van der Waals surface area contributed by atoms with Crippen molar-refractivity contribution in [2.45, 2.75) is 13.1 Å². The molecule has 0 bridgehead atoms. The molecule has 0 aliphatic heterocycles. The van der Waals surface area contributed by atoms with Gasteiger partial charge in [-0.05, 0) is 17.7 Å². The van der Waals surface area contributed by atoms with Gasteiger partial charge in [0, 0.05) is 44.2 Å². The highest BCUT2D eigenvalue weighted by Gasteiger charge is 2.05. The van der Waals surface area contributed by atoms with Crippen LogP contribution in [0, 0.1) is 10.1 Å². The molecule has 0 saturated carbocycles. The molecule has 1 heterocycles. The largest absolute Gasteiger partial charge is 0.353 e. The van der Waals surface area contributed by atoms with E-state index in [9.17, 15) is 10.1 Å². The zero-order valence-electron chi connectivity index (χ0n) is 10.2. The first-order valence-corrected chi connectivity index (χ1v) is 5.71. The van der Waals surface area contributed by atoms with Crippen LogP contribution in [0.25, 0.3) is 0 Å². The Bertz CT molecular complexity index is 549. The molecule has 0 saturated heterocycles. The Morgan fingerprint density at radius 3 is 2.78 bits per heavy atom. The Morgan fingerprint density at radius 1 is 1.28 bits per heavy atom. The maximum atomic E-state index is 10.6. The third-order valence-corrected chi connectivity index (χ3v) is 2.81. The summed E-state index contributed by atoms with van der Waals surface area (Å²) in [5.74, 6) is 0. The molecular weight excluding hydrogens is 230 g/mol. The lowest BCUT2D eigenvalue weighted by molar-refractivity contribution is -0.384. The molecule has 0 aliphatic carbocycles. The van der Waals surface area contributed by atoms with E-state index in [1.54, 1.807) is 12.1 Å². The standard InChI is InChI=1S/C13H15N3O2/c1-15-7-3-6-13(15)10-14-9-11-4-2-5-12(8-11)16(17)18/h2-8,14H,9-10H2,1H3. The third kappa shape index (κ3) is 2.95. The summed E-state index contributed by atoms with van der Waals surface area (Å²) in [7, 11) is 1.99. The fourth-order valence-electron chi connectivity index (χ4n) is 1.80. The van der Waals surface area contributed by atoms with Crippen molar-refractivity contribution in [1.29, 1.82) is 0 Å². The molecule has 0 unspecified atom stereocenters. The second kappa shape index (κ2) is 5.46. The van der Waals surface area contributed by atoms with Gasteiger partial charge in [0.25, 0.3) is 5.69 Å². The van der Waals surface area contributed by atoms with Gasteiger partial charge in [-0.2, -0.15) is 0 Å². The van der Waals surface area contributed by atoms with Crippen LogP contribution in [-0.2, 0) is 20.1 Å². The Hall–Kier alpha value is -2.14. The third-order valence-electron chi connectivity index (χ3n) is 2.81. The topological polar surface area (TPSA) is 60.1 Å². The van der Waals surface area contributed by atoms with Crippen molar-refractivity contribution < 1.29 is 4.92 Å². The van der Waals surface area contributed by atoms with E-state index in [4.69, 9.17) is 0 Å². The molecule has 0 aliphatic rings. The van der Waals surface area contributed by atoms with Crippen LogP contribution in [0.1, 0.15) is 11.3 Å². The summed E-state index contributed by atoms with van der Waals surface area (Å²) in [6, 6.07) is 10.7. The number of nitro groups is 1. The zero-order chi connectivity index (χ0) is 13.0. The molecule has 0 radical (unpaired) electrons. The minimum atomic E-state index is -0.374. The number of hydrogen-bond acceptors (Lipinski definition) is 3. The number of nitrogens with one attached hydrogen (secondary N) is 1. The number of benzene rings is 1. The van der Waals surface area contributed by atoms with E-state index >= 15 is 0 Å². The average molecular weight is 245 g/mol. The van der Waals surface area contributed by atoms with Gasteiger partial charge < -0.3 is 9.88 Å².